The summed E-state index contributed by atoms with van der Waals surface area (Å²) in [5.74, 6) is -0.328. The van der Waals surface area contributed by atoms with E-state index in [1.807, 2.05) is 11.4 Å². The van der Waals surface area contributed by atoms with Gasteiger partial charge in [0.25, 0.3) is 0 Å². The van der Waals surface area contributed by atoms with Crippen molar-refractivity contribution in [1.82, 2.24) is 10.3 Å². The lowest BCUT2D eigenvalue weighted by atomic mass is 10.1. The van der Waals surface area contributed by atoms with E-state index in [9.17, 15) is 4.39 Å². The predicted molar refractivity (Wildman–Crippen MR) is 73.7 cm³/mol. The Labute approximate surface area is 115 Å². The normalized spacial score (nSPS) is 12.6. The van der Waals surface area contributed by atoms with Gasteiger partial charge < -0.3 is 5.32 Å². The zero-order valence-electron chi connectivity index (χ0n) is 9.99. The van der Waals surface area contributed by atoms with Gasteiger partial charge >= 0.3 is 0 Å². The molecule has 0 aliphatic carbocycles. The first-order chi connectivity index (χ1) is 8.72. The van der Waals surface area contributed by atoms with Crippen LogP contribution in [0.1, 0.15) is 30.0 Å². The lowest BCUT2D eigenvalue weighted by molar-refractivity contribution is 0.582. The first-order valence-electron chi connectivity index (χ1n) is 5.80. The van der Waals surface area contributed by atoms with Gasteiger partial charge in [-0.2, -0.15) is 0 Å². The van der Waals surface area contributed by atoms with Gasteiger partial charge in [0.1, 0.15) is 5.82 Å². The highest BCUT2D eigenvalue weighted by Crippen LogP contribution is 2.32. The van der Waals surface area contributed by atoms with E-state index in [0.29, 0.717) is 0 Å². The van der Waals surface area contributed by atoms with E-state index in [2.05, 4.69) is 17.2 Å². The number of rotatable bonds is 5. The lowest BCUT2D eigenvalue weighted by Crippen LogP contribution is -2.23. The van der Waals surface area contributed by atoms with Gasteiger partial charge in [0.15, 0.2) is 0 Å². The molecular formula is C13H14ClFN2S. The fraction of sp³-hybridized carbons (Fsp3) is 0.308. The van der Waals surface area contributed by atoms with Crippen LogP contribution in [-0.2, 0) is 0 Å². The second-order valence-corrected chi connectivity index (χ2v) is 5.28. The van der Waals surface area contributed by atoms with Gasteiger partial charge in [0, 0.05) is 4.88 Å². The topological polar surface area (TPSA) is 24.9 Å². The van der Waals surface area contributed by atoms with Gasteiger partial charge in [-0.3, -0.25) is 4.98 Å². The largest absolute Gasteiger partial charge is 0.304 e. The monoisotopic (exact) mass is 284 g/mol. The molecule has 0 aliphatic heterocycles. The molecule has 0 saturated heterocycles. The average Bonchev–Trinajstić information content (AvgIpc) is 2.78. The van der Waals surface area contributed by atoms with E-state index in [4.69, 9.17) is 11.6 Å². The number of halogens is 2. The summed E-state index contributed by atoms with van der Waals surface area (Å²) in [5.41, 5.74) is 0.786. The maximum atomic E-state index is 12.9. The highest BCUT2D eigenvalue weighted by molar-refractivity contribution is 7.10. The molecule has 0 aliphatic rings. The van der Waals surface area contributed by atoms with E-state index in [1.165, 1.54) is 12.3 Å². The molecular weight excluding hydrogens is 271 g/mol. The minimum Gasteiger partial charge on any atom is -0.304 e. The van der Waals surface area contributed by atoms with Crippen LogP contribution in [0, 0.1) is 5.82 Å². The van der Waals surface area contributed by atoms with Gasteiger partial charge in [0.2, 0.25) is 0 Å². The van der Waals surface area contributed by atoms with E-state index in [1.54, 1.807) is 17.4 Å². The summed E-state index contributed by atoms with van der Waals surface area (Å²) in [4.78, 5) is 5.16. The first-order valence-corrected chi connectivity index (χ1v) is 7.06. The van der Waals surface area contributed by atoms with Gasteiger partial charge in [-0.1, -0.05) is 18.5 Å². The van der Waals surface area contributed by atoms with Crippen LogP contribution in [0.25, 0.3) is 0 Å². The highest BCUT2D eigenvalue weighted by atomic mass is 35.5. The summed E-state index contributed by atoms with van der Waals surface area (Å²) >= 11 is 7.74. The summed E-state index contributed by atoms with van der Waals surface area (Å²) in [7, 11) is 0. The molecule has 0 bridgehead atoms. The van der Waals surface area contributed by atoms with E-state index in [-0.39, 0.29) is 11.9 Å². The molecule has 2 heterocycles. The van der Waals surface area contributed by atoms with Gasteiger partial charge in [-0.25, -0.2) is 4.39 Å². The third-order valence-corrected chi connectivity index (χ3v) is 3.97. The lowest BCUT2D eigenvalue weighted by Gasteiger charge is -2.17. The number of aromatic nitrogens is 1. The maximum Gasteiger partial charge on any atom is 0.141 e. The summed E-state index contributed by atoms with van der Waals surface area (Å²) in [6.45, 7) is 2.95. The Kier molecular flexibility index (Phi) is 4.69. The van der Waals surface area contributed by atoms with Crippen molar-refractivity contribution in [3.8, 4) is 0 Å². The van der Waals surface area contributed by atoms with Crippen LogP contribution in [0.3, 0.4) is 0 Å². The number of pyridine rings is 1. The third kappa shape index (κ3) is 3.07. The molecule has 0 saturated carbocycles. The van der Waals surface area contributed by atoms with Crippen molar-refractivity contribution in [3.63, 3.8) is 0 Å². The zero-order valence-corrected chi connectivity index (χ0v) is 11.6. The van der Waals surface area contributed by atoms with Crippen molar-refractivity contribution < 1.29 is 4.39 Å². The van der Waals surface area contributed by atoms with Crippen LogP contribution in [0.2, 0.25) is 5.02 Å². The van der Waals surface area contributed by atoms with Crippen molar-refractivity contribution in [2.24, 2.45) is 0 Å². The summed E-state index contributed by atoms with van der Waals surface area (Å²) in [5, 5.41) is 6.06. The molecule has 2 aromatic heterocycles. The Hall–Kier alpha value is -0.970. The quantitative estimate of drug-likeness (QED) is 0.897. The van der Waals surface area contributed by atoms with E-state index < -0.39 is 0 Å². The molecule has 18 heavy (non-hydrogen) atoms. The molecule has 0 aromatic carbocycles. The second-order valence-electron chi connectivity index (χ2n) is 3.92. The molecule has 0 fully saturated rings. The van der Waals surface area contributed by atoms with Crippen LogP contribution in [0.5, 0.6) is 0 Å². The molecule has 2 rings (SSSR count). The van der Waals surface area contributed by atoms with E-state index >= 15 is 0 Å². The van der Waals surface area contributed by atoms with E-state index in [0.717, 1.165) is 28.6 Å². The summed E-state index contributed by atoms with van der Waals surface area (Å²) in [6, 6.07) is 4.91. The molecule has 0 amide bonds. The summed E-state index contributed by atoms with van der Waals surface area (Å²) < 4.78 is 12.9. The SMILES string of the molecule is CCCNC(c1ccc(F)cn1)c1sccc1Cl. The fourth-order valence-electron chi connectivity index (χ4n) is 1.69. The van der Waals surface area contributed by atoms with Crippen molar-refractivity contribution in [1.29, 1.82) is 0 Å². The minimum absolute atomic E-state index is 0.0713. The molecule has 2 nitrogen and oxygen atoms in total. The standard InChI is InChI=1S/C13H14ClFN2S/c1-2-6-16-12(13-10(14)5-7-18-13)11-4-3-9(15)8-17-11/h3-5,7-8,12,16H,2,6H2,1H3. The Morgan fingerprint density at radius 3 is 2.83 bits per heavy atom. The number of nitrogens with zero attached hydrogens (tertiary/aromatic N) is 1. The molecule has 0 radical (unpaired) electrons. The number of thiophene rings is 1. The van der Waals surface area contributed by atoms with Crippen molar-refractivity contribution in [2.75, 3.05) is 6.54 Å². The number of nitrogens with one attached hydrogen (secondary N) is 1. The van der Waals surface area contributed by atoms with Crippen LogP contribution < -0.4 is 5.32 Å². The summed E-state index contributed by atoms with van der Waals surface area (Å²) in [6.07, 6.45) is 2.25. The van der Waals surface area contributed by atoms with Gasteiger partial charge in [0.05, 0.1) is 23.0 Å². The van der Waals surface area contributed by atoms with Crippen LogP contribution in [0.15, 0.2) is 29.8 Å². The Bertz CT molecular complexity index is 498. The average molecular weight is 285 g/mol. The second kappa shape index (κ2) is 6.27. The molecule has 0 spiro atoms. The predicted octanol–water partition coefficient (Wildman–Crippen LogP) is 4.02. The van der Waals surface area contributed by atoms with Crippen LogP contribution >= 0.6 is 22.9 Å². The Morgan fingerprint density at radius 1 is 1.44 bits per heavy atom. The first kappa shape index (κ1) is 13.5. The molecule has 96 valence electrons. The molecule has 1 atom stereocenters. The number of hydrogen-bond acceptors (Lipinski definition) is 3. The molecule has 2 aromatic rings. The number of hydrogen-bond donors (Lipinski definition) is 1. The smallest absolute Gasteiger partial charge is 0.141 e. The maximum absolute atomic E-state index is 12.9. The van der Waals surface area contributed by atoms with Crippen LogP contribution in [-0.4, -0.2) is 11.5 Å². The fourth-order valence-corrected chi connectivity index (χ4v) is 2.94. The molecule has 5 heteroatoms. The van der Waals surface area contributed by atoms with Crippen molar-refractivity contribution in [2.45, 2.75) is 19.4 Å². The Balaban J connectivity index is 2.30. The molecule has 1 unspecified atom stereocenters. The van der Waals surface area contributed by atoms with Crippen molar-refractivity contribution in [3.05, 3.63) is 51.2 Å². The Morgan fingerprint density at radius 2 is 2.28 bits per heavy atom. The minimum atomic E-state index is -0.328. The van der Waals surface area contributed by atoms with Crippen molar-refractivity contribution >= 4 is 22.9 Å². The highest BCUT2D eigenvalue weighted by Gasteiger charge is 2.18. The van der Waals surface area contributed by atoms with Gasteiger partial charge in [-0.05, 0) is 36.5 Å². The van der Waals surface area contributed by atoms with Crippen LogP contribution in [0.4, 0.5) is 4.39 Å². The molecule has 1 N–H and O–H groups in total. The van der Waals surface area contributed by atoms with Gasteiger partial charge in [-0.15, -0.1) is 11.3 Å². The third-order valence-electron chi connectivity index (χ3n) is 2.55. The zero-order chi connectivity index (χ0) is 13.0.